The maximum absolute atomic E-state index is 5.94. The van der Waals surface area contributed by atoms with Crippen LogP contribution < -0.4 is 14.8 Å². The summed E-state index contributed by atoms with van der Waals surface area (Å²) in [6.07, 6.45) is 2.55. The largest absolute Gasteiger partial charge is 0.497 e. The summed E-state index contributed by atoms with van der Waals surface area (Å²) in [5.74, 6) is 1.76. The molecule has 0 saturated heterocycles. The molecule has 5 heteroatoms. The molecule has 1 aromatic carbocycles. The predicted molar refractivity (Wildman–Crippen MR) is 84.0 cm³/mol. The van der Waals surface area contributed by atoms with Crippen LogP contribution in [0.5, 0.6) is 11.5 Å². The number of nitrogens with zero attached hydrogens (tertiary/aromatic N) is 1. The van der Waals surface area contributed by atoms with Crippen LogP contribution in [0.25, 0.3) is 0 Å². The molecular weight excluding hydrogens is 284 g/mol. The number of nitrogens with one attached hydrogen (secondary N) is 1. The van der Waals surface area contributed by atoms with Gasteiger partial charge in [-0.25, -0.2) is 4.98 Å². The van der Waals surface area contributed by atoms with E-state index in [1.807, 2.05) is 30.5 Å². The van der Waals surface area contributed by atoms with Gasteiger partial charge >= 0.3 is 0 Å². The normalized spacial score (nSPS) is 14.2. The third-order valence-corrected chi connectivity index (χ3v) is 4.29. The van der Waals surface area contributed by atoms with Crippen LogP contribution in [0.2, 0.25) is 0 Å². The minimum atomic E-state index is 0.507. The molecule has 1 saturated carbocycles. The van der Waals surface area contributed by atoms with Crippen molar-refractivity contribution >= 4 is 11.3 Å². The Kier molecular flexibility index (Phi) is 4.41. The Labute approximate surface area is 129 Å². The third kappa shape index (κ3) is 3.95. The maximum atomic E-state index is 5.94. The lowest BCUT2D eigenvalue weighted by Crippen LogP contribution is -2.16. The van der Waals surface area contributed by atoms with E-state index in [1.165, 1.54) is 12.8 Å². The van der Waals surface area contributed by atoms with Gasteiger partial charge < -0.3 is 14.8 Å². The van der Waals surface area contributed by atoms with Crippen LogP contribution in [-0.4, -0.2) is 18.1 Å². The molecule has 1 aromatic heterocycles. The topological polar surface area (TPSA) is 43.4 Å². The van der Waals surface area contributed by atoms with Gasteiger partial charge in [-0.15, -0.1) is 11.3 Å². The van der Waals surface area contributed by atoms with Gasteiger partial charge in [-0.05, 0) is 38.0 Å². The average Bonchev–Trinajstić information content (AvgIpc) is 3.24. The van der Waals surface area contributed by atoms with Crippen molar-refractivity contribution in [2.24, 2.45) is 0 Å². The van der Waals surface area contributed by atoms with Crippen molar-refractivity contribution in [1.82, 2.24) is 10.3 Å². The monoisotopic (exact) mass is 304 g/mol. The van der Waals surface area contributed by atoms with Crippen molar-refractivity contribution < 1.29 is 9.47 Å². The molecule has 1 aliphatic carbocycles. The highest BCUT2D eigenvalue weighted by atomic mass is 32.1. The summed E-state index contributed by atoms with van der Waals surface area (Å²) in [5, 5.41) is 6.63. The minimum Gasteiger partial charge on any atom is -0.497 e. The summed E-state index contributed by atoms with van der Waals surface area (Å²) in [6.45, 7) is 3.33. The molecule has 0 aliphatic heterocycles. The molecule has 0 bridgehead atoms. The second kappa shape index (κ2) is 6.45. The molecule has 112 valence electrons. The molecule has 1 fully saturated rings. The van der Waals surface area contributed by atoms with Crippen LogP contribution in [0.1, 0.15) is 29.1 Å². The van der Waals surface area contributed by atoms with E-state index in [-0.39, 0.29) is 0 Å². The van der Waals surface area contributed by atoms with E-state index in [1.54, 1.807) is 18.4 Å². The van der Waals surface area contributed by atoms with Crippen molar-refractivity contribution in [2.75, 3.05) is 7.11 Å². The molecule has 3 rings (SSSR count). The van der Waals surface area contributed by atoms with E-state index in [0.29, 0.717) is 12.6 Å². The zero-order valence-corrected chi connectivity index (χ0v) is 13.2. The molecule has 21 heavy (non-hydrogen) atoms. The van der Waals surface area contributed by atoms with Crippen LogP contribution >= 0.6 is 11.3 Å². The number of benzene rings is 1. The average molecular weight is 304 g/mol. The van der Waals surface area contributed by atoms with Crippen molar-refractivity contribution in [2.45, 2.75) is 39.0 Å². The van der Waals surface area contributed by atoms with E-state index in [2.05, 4.69) is 10.3 Å². The number of hydrogen-bond acceptors (Lipinski definition) is 5. The fourth-order valence-electron chi connectivity index (χ4n) is 2.13. The lowest BCUT2D eigenvalue weighted by molar-refractivity contribution is 0.297. The fraction of sp³-hybridized carbons (Fsp3) is 0.438. The summed E-state index contributed by atoms with van der Waals surface area (Å²) in [6, 6.07) is 6.62. The van der Waals surface area contributed by atoms with Crippen molar-refractivity contribution in [3.63, 3.8) is 0 Å². The van der Waals surface area contributed by atoms with Crippen LogP contribution in [0.4, 0.5) is 0 Å². The van der Waals surface area contributed by atoms with Gasteiger partial charge in [0.05, 0.1) is 17.8 Å². The lowest BCUT2D eigenvalue weighted by Gasteiger charge is -2.13. The van der Waals surface area contributed by atoms with Gasteiger partial charge in [-0.3, -0.25) is 0 Å². The molecule has 0 amide bonds. The number of thiazole rings is 1. The first kappa shape index (κ1) is 14.4. The second-order valence-corrected chi connectivity index (χ2v) is 6.34. The molecular formula is C16H20N2O2S. The van der Waals surface area contributed by atoms with Crippen molar-refractivity contribution in [3.8, 4) is 11.5 Å². The van der Waals surface area contributed by atoms with Crippen molar-refractivity contribution in [3.05, 3.63) is 39.8 Å². The van der Waals surface area contributed by atoms with E-state index in [0.717, 1.165) is 34.3 Å². The summed E-state index contributed by atoms with van der Waals surface area (Å²) < 4.78 is 11.2. The summed E-state index contributed by atoms with van der Waals surface area (Å²) in [5.41, 5.74) is 2.11. The van der Waals surface area contributed by atoms with Crippen LogP contribution in [0, 0.1) is 6.92 Å². The number of aryl methyl sites for hydroxylation is 1. The fourth-order valence-corrected chi connectivity index (χ4v) is 2.73. The first-order chi connectivity index (χ1) is 10.2. The smallest absolute Gasteiger partial charge is 0.131 e. The molecule has 0 atom stereocenters. The highest BCUT2D eigenvalue weighted by Crippen LogP contribution is 2.27. The molecule has 1 N–H and O–H groups in total. The molecule has 1 heterocycles. The van der Waals surface area contributed by atoms with Gasteiger partial charge in [0, 0.05) is 23.5 Å². The Morgan fingerprint density at radius 1 is 1.38 bits per heavy atom. The van der Waals surface area contributed by atoms with Crippen LogP contribution in [-0.2, 0) is 13.2 Å². The van der Waals surface area contributed by atoms with Gasteiger partial charge in [0.2, 0.25) is 0 Å². The molecule has 4 nitrogen and oxygen atoms in total. The summed E-state index contributed by atoms with van der Waals surface area (Å²) >= 11 is 1.65. The molecule has 2 aromatic rings. The molecule has 0 unspecified atom stereocenters. The van der Waals surface area contributed by atoms with E-state index in [4.69, 9.17) is 9.47 Å². The van der Waals surface area contributed by atoms with Crippen LogP contribution in [0.3, 0.4) is 0 Å². The quantitative estimate of drug-likeness (QED) is 0.852. The van der Waals surface area contributed by atoms with Gasteiger partial charge in [0.15, 0.2) is 0 Å². The summed E-state index contributed by atoms with van der Waals surface area (Å²) in [4.78, 5) is 4.43. The molecule has 1 aliphatic rings. The Hall–Kier alpha value is -1.59. The first-order valence-electron chi connectivity index (χ1n) is 7.18. The second-order valence-electron chi connectivity index (χ2n) is 5.28. The zero-order valence-electron chi connectivity index (χ0n) is 12.4. The predicted octanol–water partition coefficient (Wildman–Crippen LogP) is 3.29. The summed E-state index contributed by atoms with van der Waals surface area (Å²) in [7, 11) is 1.69. The van der Waals surface area contributed by atoms with Gasteiger partial charge in [0.25, 0.3) is 0 Å². The third-order valence-electron chi connectivity index (χ3n) is 3.47. The van der Waals surface area contributed by atoms with E-state index in [9.17, 15) is 0 Å². The first-order valence-corrected chi connectivity index (χ1v) is 8.06. The van der Waals surface area contributed by atoms with Gasteiger partial charge in [0.1, 0.15) is 18.1 Å². The lowest BCUT2D eigenvalue weighted by atomic mass is 10.2. The number of rotatable bonds is 7. The Balaban J connectivity index is 1.69. The molecule has 0 radical (unpaired) electrons. The maximum Gasteiger partial charge on any atom is 0.131 e. The van der Waals surface area contributed by atoms with Gasteiger partial charge in [-0.2, -0.15) is 0 Å². The zero-order chi connectivity index (χ0) is 14.7. The SMILES string of the molecule is COc1ccc(OCc2csc(C)n2)c(CNC2CC2)c1. The van der Waals surface area contributed by atoms with Crippen molar-refractivity contribution in [1.29, 1.82) is 0 Å². The standard InChI is InChI=1S/C16H20N2O2S/c1-11-18-14(10-21-11)9-20-16-6-5-15(19-2)7-12(16)8-17-13-3-4-13/h5-7,10,13,17H,3-4,8-9H2,1-2H3. The highest BCUT2D eigenvalue weighted by molar-refractivity contribution is 7.09. The number of aromatic nitrogens is 1. The number of ether oxygens (including phenoxy) is 2. The Morgan fingerprint density at radius 2 is 2.24 bits per heavy atom. The van der Waals surface area contributed by atoms with E-state index >= 15 is 0 Å². The number of hydrogen-bond donors (Lipinski definition) is 1. The van der Waals surface area contributed by atoms with Gasteiger partial charge in [-0.1, -0.05) is 0 Å². The number of methoxy groups -OCH3 is 1. The van der Waals surface area contributed by atoms with E-state index < -0.39 is 0 Å². The highest BCUT2D eigenvalue weighted by Gasteiger charge is 2.20. The molecule has 0 spiro atoms. The Bertz CT molecular complexity index is 608. The van der Waals surface area contributed by atoms with Crippen LogP contribution in [0.15, 0.2) is 23.6 Å². The Morgan fingerprint density at radius 3 is 2.90 bits per heavy atom. The minimum absolute atomic E-state index is 0.507.